The van der Waals surface area contributed by atoms with Gasteiger partial charge in [0.1, 0.15) is 0 Å². The van der Waals surface area contributed by atoms with E-state index in [2.05, 4.69) is 80.1 Å². The Kier molecular flexibility index (Phi) is 4.00. The van der Waals surface area contributed by atoms with Crippen LogP contribution in [0.15, 0.2) is 47.6 Å². The highest BCUT2D eigenvalue weighted by Gasteiger charge is 2.14. The fourth-order valence-electron chi connectivity index (χ4n) is 2.48. The third-order valence-corrected chi connectivity index (χ3v) is 4.85. The van der Waals surface area contributed by atoms with E-state index < -0.39 is 0 Å². The van der Waals surface area contributed by atoms with Crippen LogP contribution in [-0.4, -0.2) is 4.98 Å². The third-order valence-electron chi connectivity index (χ3n) is 3.87. The standard InChI is InChI=1S/C19H22N2S/c1-13-5-10-16-17(11-13)21-18(20-16)22-12-14-6-8-15(9-7-14)19(2,3)4/h5-11H,12H2,1-4H3,(H,20,21)/p+1. The molecule has 0 aliphatic heterocycles. The number of H-pyrrole nitrogens is 2. The molecule has 2 aromatic carbocycles. The lowest BCUT2D eigenvalue weighted by Gasteiger charge is -2.18. The number of hydrogen-bond donors (Lipinski definition) is 1. The molecule has 1 heterocycles. The Morgan fingerprint density at radius 3 is 2.45 bits per heavy atom. The summed E-state index contributed by atoms with van der Waals surface area (Å²) < 4.78 is 0. The maximum absolute atomic E-state index is 3.45. The fourth-order valence-corrected chi connectivity index (χ4v) is 3.34. The molecular formula is C19H23N2S+. The Labute approximate surface area is 136 Å². The summed E-state index contributed by atoms with van der Waals surface area (Å²) in [6.07, 6.45) is 0. The van der Waals surface area contributed by atoms with Crippen molar-refractivity contribution in [1.82, 2.24) is 4.98 Å². The molecule has 0 atom stereocenters. The van der Waals surface area contributed by atoms with Crippen LogP contribution in [0.3, 0.4) is 0 Å². The summed E-state index contributed by atoms with van der Waals surface area (Å²) in [7, 11) is 0. The molecular weight excluding hydrogens is 288 g/mol. The summed E-state index contributed by atoms with van der Waals surface area (Å²) in [5.41, 5.74) is 6.56. The lowest BCUT2D eigenvalue weighted by Crippen LogP contribution is -2.10. The van der Waals surface area contributed by atoms with Gasteiger partial charge in [0.25, 0.3) is 0 Å². The van der Waals surface area contributed by atoms with E-state index in [-0.39, 0.29) is 5.41 Å². The van der Waals surface area contributed by atoms with Crippen molar-refractivity contribution < 1.29 is 4.98 Å². The average molecular weight is 311 g/mol. The summed E-state index contributed by atoms with van der Waals surface area (Å²) >= 11 is 1.81. The highest BCUT2D eigenvalue weighted by atomic mass is 32.2. The molecule has 0 unspecified atom stereocenters. The summed E-state index contributed by atoms with van der Waals surface area (Å²) in [5, 5.41) is 1.11. The van der Waals surface area contributed by atoms with Gasteiger partial charge in [0, 0.05) is 5.75 Å². The molecule has 22 heavy (non-hydrogen) atoms. The third kappa shape index (κ3) is 3.36. The Bertz CT molecular complexity index is 779. The number of fused-ring (bicyclic) bond motifs is 1. The van der Waals surface area contributed by atoms with E-state index in [1.165, 1.54) is 22.2 Å². The summed E-state index contributed by atoms with van der Waals surface area (Å²) in [6.45, 7) is 8.86. The summed E-state index contributed by atoms with van der Waals surface area (Å²) in [5.74, 6) is 0.965. The van der Waals surface area contributed by atoms with Crippen molar-refractivity contribution in [3.05, 3.63) is 59.2 Å². The minimum absolute atomic E-state index is 0.217. The van der Waals surface area contributed by atoms with E-state index >= 15 is 0 Å². The van der Waals surface area contributed by atoms with E-state index in [0.717, 1.165) is 16.4 Å². The average Bonchev–Trinajstić information content (AvgIpc) is 2.86. The predicted octanol–water partition coefficient (Wildman–Crippen LogP) is 4.88. The SMILES string of the molecule is Cc1ccc2[nH+]c(SCc3ccc(C(C)(C)C)cc3)[nH]c2c1. The smallest absolute Gasteiger partial charge is 0.231 e. The molecule has 2 nitrogen and oxygen atoms in total. The predicted molar refractivity (Wildman–Crippen MR) is 94.3 cm³/mol. The highest BCUT2D eigenvalue weighted by molar-refractivity contribution is 7.98. The van der Waals surface area contributed by atoms with E-state index in [4.69, 9.17) is 0 Å². The van der Waals surface area contributed by atoms with Crippen LogP contribution in [-0.2, 0) is 11.2 Å². The van der Waals surface area contributed by atoms with Crippen molar-refractivity contribution in [3.63, 3.8) is 0 Å². The molecule has 3 aromatic rings. The fraction of sp³-hybridized carbons (Fsp3) is 0.316. The molecule has 3 rings (SSSR count). The largest absolute Gasteiger partial charge is 0.314 e. The van der Waals surface area contributed by atoms with Crippen molar-refractivity contribution in [3.8, 4) is 0 Å². The van der Waals surface area contributed by atoms with Crippen LogP contribution in [0.1, 0.15) is 37.5 Å². The van der Waals surface area contributed by atoms with Gasteiger partial charge in [-0.1, -0.05) is 51.1 Å². The number of benzene rings is 2. The van der Waals surface area contributed by atoms with Crippen molar-refractivity contribution in [2.24, 2.45) is 0 Å². The van der Waals surface area contributed by atoms with Gasteiger partial charge in [-0.05, 0) is 52.9 Å². The van der Waals surface area contributed by atoms with Crippen LogP contribution in [0.2, 0.25) is 0 Å². The minimum Gasteiger partial charge on any atom is -0.231 e. The van der Waals surface area contributed by atoms with E-state index in [1.54, 1.807) is 0 Å². The second kappa shape index (κ2) is 5.81. The molecule has 114 valence electrons. The number of imidazole rings is 1. The maximum atomic E-state index is 3.45. The summed E-state index contributed by atoms with van der Waals surface area (Å²) in [6, 6.07) is 15.4. The van der Waals surface area contributed by atoms with Gasteiger partial charge < -0.3 is 0 Å². The normalized spacial score (nSPS) is 12.0. The van der Waals surface area contributed by atoms with E-state index in [9.17, 15) is 0 Å². The monoisotopic (exact) mass is 311 g/mol. The van der Waals surface area contributed by atoms with E-state index in [1.807, 2.05) is 11.8 Å². The second-order valence-corrected chi connectivity index (χ2v) is 7.85. The molecule has 0 fully saturated rings. The Morgan fingerprint density at radius 2 is 1.77 bits per heavy atom. The van der Waals surface area contributed by atoms with Gasteiger partial charge in [0.05, 0.1) is 0 Å². The first-order valence-corrected chi connectivity index (χ1v) is 8.64. The van der Waals surface area contributed by atoms with Gasteiger partial charge >= 0.3 is 5.16 Å². The van der Waals surface area contributed by atoms with Gasteiger partial charge in [-0.15, -0.1) is 0 Å². The topological polar surface area (TPSA) is 29.9 Å². The number of hydrogen-bond acceptors (Lipinski definition) is 1. The van der Waals surface area contributed by atoms with Crippen LogP contribution in [0.5, 0.6) is 0 Å². The van der Waals surface area contributed by atoms with Crippen molar-refractivity contribution in [2.45, 2.75) is 44.0 Å². The van der Waals surface area contributed by atoms with Gasteiger partial charge in [0.2, 0.25) is 0 Å². The lowest BCUT2D eigenvalue weighted by atomic mass is 9.87. The quantitative estimate of drug-likeness (QED) is 0.686. The number of aromatic nitrogens is 2. The molecule has 0 bridgehead atoms. The first-order valence-electron chi connectivity index (χ1n) is 7.66. The van der Waals surface area contributed by atoms with Crippen LogP contribution in [0, 0.1) is 6.92 Å². The first-order chi connectivity index (χ1) is 10.4. The van der Waals surface area contributed by atoms with Crippen LogP contribution >= 0.6 is 11.8 Å². The van der Waals surface area contributed by atoms with Gasteiger partial charge in [-0.25, -0.2) is 9.97 Å². The maximum Gasteiger partial charge on any atom is 0.314 e. The number of aryl methyl sites for hydroxylation is 1. The number of thioether (sulfide) groups is 1. The van der Waals surface area contributed by atoms with Gasteiger partial charge in [0.15, 0.2) is 11.0 Å². The first kappa shape index (κ1) is 15.2. The Hall–Kier alpha value is -1.74. The molecule has 2 N–H and O–H groups in total. The van der Waals surface area contributed by atoms with Crippen molar-refractivity contribution >= 4 is 22.8 Å². The van der Waals surface area contributed by atoms with Crippen LogP contribution in [0.25, 0.3) is 11.0 Å². The molecule has 1 aromatic heterocycles. The number of aromatic amines is 2. The Balaban J connectivity index is 1.71. The molecule has 0 saturated carbocycles. The summed E-state index contributed by atoms with van der Waals surface area (Å²) in [4.78, 5) is 6.89. The van der Waals surface area contributed by atoms with Crippen molar-refractivity contribution in [2.75, 3.05) is 0 Å². The molecule has 0 saturated heterocycles. The van der Waals surface area contributed by atoms with Crippen LogP contribution in [0.4, 0.5) is 0 Å². The number of nitrogens with one attached hydrogen (secondary N) is 2. The lowest BCUT2D eigenvalue weighted by molar-refractivity contribution is -0.396. The molecule has 3 heteroatoms. The molecule has 0 amide bonds. The highest BCUT2D eigenvalue weighted by Crippen LogP contribution is 2.25. The Morgan fingerprint density at radius 1 is 1.05 bits per heavy atom. The number of rotatable bonds is 3. The van der Waals surface area contributed by atoms with Crippen molar-refractivity contribution in [1.29, 1.82) is 0 Å². The molecule has 0 aliphatic rings. The van der Waals surface area contributed by atoms with Gasteiger partial charge in [-0.3, -0.25) is 0 Å². The van der Waals surface area contributed by atoms with Crippen LogP contribution < -0.4 is 4.98 Å². The molecule has 0 spiro atoms. The van der Waals surface area contributed by atoms with E-state index in [0.29, 0.717) is 0 Å². The molecule has 0 radical (unpaired) electrons. The zero-order valence-corrected chi connectivity index (χ0v) is 14.5. The molecule has 0 aliphatic carbocycles. The van der Waals surface area contributed by atoms with Gasteiger partial charge in [-0.2, -0.15) is 0 Å². The zero-order valence-electron chi connectivity index (χ0n) is 13.7. The minimum atomic E-state index is 0.217. The zero-order chi connectivity index (χ0) is 15.7. The second-order valence-electron chi connectivity index (χ2n) is 6.86.